The standard InChI is InChI=1S/C17H16F2N6O4S/c1-6-4-9(14(18)19)22-17-11(6)12(13(30-17)15(20)26)23-16(27)8(3)24-7(2)10(5-21-24)25(28)29/h4-5,8,14H,1-3H3,(H2,20,26)(H,23,27). The molecular weight excluding hydrogens is 422 g/mol. The van der Waals surface area contributed by atoms with Crippen LogP contribution in [-0.4, -0.2) is 31.5 Å². The van der Waals surface area contributed by atoms with E-state index in [0.29, 0.717) is 10.9 Å². The van der Waals surface area contributed by atoms with Crippen molar-refractivity contribution in [3.8, 4) is 0 Å². The van der Waals surface area contributed by atoms with E-state index >= 15 is 0 Å². The van der Waals surface area contributed by atoms with Gasteiger partial charge in [0.2, 0.25) is 5.91 Å². The van der Waals surface area contributed by atoms with E-state index < -0.39 is 34.9 Å². The lowest BCUT2D eigenvalue weighted by Crippen LogP contribution is -2.26. The second kappa shape index (κ2) is 7.74. The minimum absolute atomic E-state index is 0.0456. The Morgan fingerprint density at radius 2 is 2.03 bits per heavy atom. The van der Waals surface area contributed by atoms with Crippen LogP contribution >= 0.6 is 11.3 Å². The number of primary amides is 1. The molecule has 10 nitrogen and oxygen atoms in total. The Labute approximate surface area is 171 Å². The molecule has 13 heteroatoms. The summed E-state index contributed by atoms with van der Waals surface area (Å²) >= 11 is 0.793. The largest absolute Gasteiger partial charge is 0.365 e. The van der Waals surface area contributed by atoms with Crippen LogP contribution in [0.4, 0.5) is 20.2 Å². The summed E-state index contributed by atoms with van der Waals surface area (Å²) < 4.78 is 27.3. The van der Waals surface area contributed by atoms with Crippen LogP contribution in [0.15, 0.2) is 12.3 Å². The zero-order valence-corrected chi connectivity index (χ0v) is 16.8. The first-order valence-electron chi connectivity index (χ1n) is 8.54. The molecule has 0 spiro atoms. The zero-order chi connectivity index (χ0) is 22.3. The van der Waals surface area contributed by atoms with Crippen LogP contribution in [0.2, 0.25) is 0 Å². The molecule has 1 unspecified atom stereocenters. The molecule has 0 bridgehead atoms. The number of nitrogens with one attached hydrogen (secondary N) is 1. The van der Waals surface area contributed by atoms with Crippen molar-refractivity contribution in [1.29, 1.82) is 0 Å². The molecule has 30 heavy (non-hydrogen) atoms. The molecule has 0 aliphatic carbocycles. The zero-order valence-electron chi connectivity index (χ0n) is 16.0. The normalized spacial score (nSPS) is 12.3. The van der Waals surface area contributed by atoms with Gasteiger partial charge < -0.3 is 11.1 Å². The Kier molecular flexibility index (Phi) is 5.48. The van der Waals surface area contributed by atoms with Gasteiger partial charge >= 0.3 is 5.69 Å². The molecular formula is C17H16F2N6O4S. The Morgan fingerprint density at radius 3 is 2.57 bits per heavy atom. The van der Waals surface area contributed by atoms with E-state index in [4.69, 9.17) is 5.73 Å². The van der Waals surface area contributed by atoms with E-state index in [1.54, 1.807) is 6.92 Å². The first kappa shape index (κ1) is 21.2. The fourth-order valence-electron chi connectivity index (χ4n) is 3.03. The summed E-state index contributed by atoms with van der Waals surface area (Å²) in [5.74, 6) is -1.49. The molecule has 0 aromatic carbocycles. The van der Waals surface area contributed by atoms with Gasteiger partial charge in [-0.3, -0.25) is 24.4 Å². The van der Waals surface area contributed by atoms with E-state index in [1.807, 2.05) is 0 Å². The highest BCUT2D eigenvalue weighted by Crippen LogP contribution is 2.38. The number of anilines is 1. The Morgan fingerprint density at radius 1 is 1.37 bits per heavy atom. The third kappa shape index (κ3) is 3.58. The molecule has 158 valence electrons. The second-order valence-corrected chi connectivity index (χ2v) is 7.50. The number of carbonyl (C=O) groups is 2. The third-order valence-electron chi connectivity index (χ3n) is 4.54. The van der Waals surface area contributed by atoms with Crippen LogP contribution in [0.1, 0.15) is 46.0 Å². The second-order valence-electron chi connectivity index (χ2n) is 6.50. The molecule has 0 saturated heterocycles. The van der Waals surface area contributed by atoms with Gasteiger partial charge in [-0.1, -0.05) is 0 Å². The summed E-state index contributed by atoms with van der Waals surface area (Å²) in [6, 6.07) is 0.202. The Hall–Kier alpha value is -3.48. The van der Waals surface area contributed by atoms with Crippen LogP contribution < -0.4 is 11.1 Å². The number of amides is 2. The topological polar surface area (TPSA) is 146 Å². The van der Waals surface area contributed by atoms with Gasteiger partial charge in [-0.05, 0) is 32.4 Å². The minimum Gasteiger partial charge on any atom is -0.365 e. The average Bonchev–Trinajstić information content (AvgIpc) is 3.22. The van der Waals surface area contributed by atoms with E-state index in [1.165, 1.54) is 24.6 Å². The molecule has 3 rings (SSSR count). The van der Waals surface area contributed by atoms with Gasteiger partial charge in [0.25, 0.3) is 12.3 Å². The van der Waals surface area contributed by atoms with Gasteiger partial charge in [0.1, 0.15) is 33.3 Å². The molecule has 1 atom stereocenters. The van der Waals surface area contributed by atoms with Crippen LogP contribution in [0.3, 0.4) is 0 Å². The van der Waals surface area contributed by atoms with Crippen molar-refractivity contribution < 1.29 is 23.3 Å². The van der Waals surface area contributed by atoms with Crippen LogP contribution in [0.25, 0.3) is 10.2 Å². The van der Waals surface area contributed by atoms with Gasteiger partial charge in [0, 0.05) is 5.39 Å². The third-order valence-corrected chi connectivity index (χ3v) is 5.63. The number of nitrogens with zero attached hydrogens (tertiary/aromatic N) is 4. The summed E-state index contributed by atoms with van der Waals surface area (Å²) in [5.41, 5.74) is 5.32. The van der Waals surface area contributed by atoms with Crippen LogP contribution in [0, 0.1) is 24.0 Å². The van der Waals surface area contributed by atoms with Gasteiger partial charge in [0.05, 0.1) is 10.6 Å². The molecule has 0 fully saturated rings. The maximum absolute atomic E-state index is 13.1. The molecule has 0 aliphatic heterocycles. The maximum atomic E-state index is 13.1. The fourth-order valence-corrected chi connectivity index (χ4v) is 4.10. The number of rotatable bonds is 6. The van der Waals surface area contributed by atoms with Gasteiger partial charge in [-0.2, -0.15) is 5.10 Å². The number of nitro groups is 1. The molecule has 3 aromatic rings. The van der Waals surface area contributed by atoms with Crippen molar-refractivity contribution in [3.63, 3.8) is 0 Å². The summed E-state index contributed by atoms with van der Waals surface area (Å²) in [6.07, 6.45) is -1.77. The monoisotopic (exact) mass is 438 g/mol. The lowest BCUT2D eigenvalue weighted by atomic mass is 10.1. The van der Waals surface area contributed by atoms with Crippen molar-refractivity contribution in [1.82, 2.24) is 14.8 Å². The number of thiophene rings is 1. The summed E-state index contributed by atoms with van der Waals surface area (Å²) in [5, 5.41) is 17.8. The van der Waals surface area contributed by atoms with E-state index in [0.717, 1.165) is 17.5 Å². The first-order valence-corrected chi connectivity index (χ1v) is 9.35. The van der Waals surface area contributed by atoms with Gasteiger partial charge in [0.15, 0.2) is 0 Å². The smallest absolute Gasteiger partial charge is 0.309 e. The molecule has 0 saturated carbocycles. The van der Waals surface area contributed by atoms with Crippen molar-refractivity contribution in [2.75, 3.05) is 5.32 Å². The van der Waals surface area contributed by atoms with Crippen molar-refractivity contribution in [2.45, 2.75) is 33.2 Å². The highest BCUT2D eigenvalue weighted by atomic mass is 32.1. The van der Waals surface area contributed by atoms with Gasteiger partial charge in [-0.15, -0.1) is 11.3 Å². The Balaban J connectivity index is 2.04. The number of aryl methyl sites for hydroxylation is 1. The number of halogens is 2. The van der Waals surface area contributed by atoms with E-state index in [2.05, 4.69) is 15.4 Å². The number of fused-ring (bicyclic) bond motifs is 1. The lowest BCUT2D eigenvalue weighted by molar-refractivity contribution is -0.385. The maximum Gasteiger partial charge on any atom is 0.309 e. The highest BCUT2D eigenvalue weighted by Gasteiger charge is 2.27. The predicted molar refractivity (Wildman–Crippen MR) is 105 cm³/mol. The lowest BCUT2D eigenvalue weighted by Gasteiger charge is -2.15. The number of carbonyl (C=O) groups excluding carboxylic acids is 2. The molecule has 3 N–H and O–H groups in total. The highest BCUT2D eigenvalue weighted by molar-refractivity contribution is 7.21. The summed E-state index contributed by atoms with van der Waals surface area (Å²) in [7, 11) is 0. The van der Waals surface area contributed by atoms with Gasteiger partial charge in [-0.25, -0.2) is 13.8 Å². The Bertz CT molecular complexity index is 1190. The molecule has 0 radical (unpaired) electrons. The van der Waals surface area contributed by atoms with E-state index in [9.17, 15) is 28.5 Å². The number of nitrogens with two attached hydrogens (primary N) is 1. The predicted octanol–water partition coefficient (Wildman–Crippen LogP) is 3.25. The van der Waals surface area contributed by atoms with Crippen molar-refractivity contribution >= 4 is 44.7 Å². The SMILES string of the molecule is Cc1cc(C(F)F)nc2sc(C(N)=O)c(NC(=O)C(C)n3ncc([N+](=O)[O-])c3C)c12. The summed E-state index contributed by atoms with van der Waals surface area (Å²) in [6.45, 7) is 4.47. The minimum atomic E-state index is -2.80. The molecule has 3 heterocycles. The number of hydrogen-bond acceptors (Lipinski definition) is 7. The number of aromatic nitrogens is 3. The number of hydrogen-bond donors (Lipinski definition) is 2. The first-order chi connectivity index (χ1) is 14.0. The number of pyridine rings is 1. The van der Waals surface area contributed by atoms with Crippen molar-refractivity contribution in [2.24, 2.45) is 5.73 Å². The fraction of sp³-hybridized carbons (Fsp3) is 0.294. The van der Waals surface area contributed by atoms with E-state index in [-0.39, 0.29) is 26.8 Å². The molecule has 0 aliphatic rings. The van der Waals surface area contributed by atoms with Crippen molar-refractivity contribution in [3.05, 3.63) is 44.2 Å². The van der Waals surface area contributed by atoms with Crippen LogP contribution in [0.5, 0.6) is 0 Å². The molecule has 2 amide bonds. The number of alkyl halides is 2. The molecule has 3 aromatic heterocycles. The summed E-state index contributed by atoms with van der Waals surface area (Å²) in [4.78, 5) is 39.0. The van der Waals surface area contributed by atoms with Crippen LogP contribution in [-0.2, 0) is 4.79 Å². The quantitative estimate of drug-likeness (QED) is 0.446. The average molecular weight is 438 g/mol.